The molecule has 0 N–H and O–H groups in total. The van der Waals surface area contributed by atoms with Gasteiger partial charge in [-0.25, -0.2) is 4.79 Å². The molecule has 0 saturated heterocycles. The summed E-state index contributed by atoms with van der Waals surface area (Å²) < 4.78 is 9.73. The van der Waals surface area contributed by atoms with Gasteiger partial charge in [-0.2, -0.15) is 0 Å². The van der Waals surface area contributed by atoms with Crippen LogP contribution in [-0.2, 0) is 14.3 Å². The molecule has 1 saturated carbocycles. The number of hydrogen-bond donors (Lipinski definition) is 0. The van der Waals surface area contributed by atoms with E-state index in [1.54, 1.807) is 0 Å². The van der Waals surface area contributed by atoms with Gasteiger partial charge in [0.05, 0.1) is 12.5 Å². The fraction of sp³-hybridized carbons (Fsp3) is 0.789. The van der Waals surface area contributed by atoms with Crippen molar-refractivity contribution in [3.05, 3.63) is 11.6 Å². The molecule has 0 aliphatic heterocycles. The first-order chi connectivity index (χ1) is 10.9. The first-order valence-corrected chi connectivity index (χ1v) is 8.99. The van der Waals surface area contributed by atoms with Crippen molar-refractivity contribution in [2.24, 2.45) is 29.6 Å². The number of rotatable bonds is 4. The lowest BCUT2D eigenvalue weighted by Gasteiger charge is -2.45. The predicted octanol–water partition coefficient (Wildman–Crippen LogP) is 4.73. The number of fused-ring (bicyclic) bond motifs is 1. The van der Waals surface area contributed by atoms with Crippen LogP contribution in [0.5, 0.6) is 0 Å². The molecule has 1 fully saturated rings. The number of esters is 1. The number of hydrogen-bond acceptors (Lipinski definition) is 4. The molecule has 0 aromatic heterocycles. The van der Waals surface area contributed by atoms with E-state index in [1.165, 1.54) is 18.4 Å². The predicted molar refractivity (Wildman–Crippen MR) is 88.8 cm³/mol. The van der Waals surface area contributed by atoms with E-state index < -0.39 is 12.1 Å². The number of carbonyl (C=O) groups is 2. The third-order valence-corrected chi connectivity index (χ3v) is 5.65. The van der Waals surface area contributed by atoms with E-state index in [2.05, 4.69) is 19.9 Å². The molecule has 2 aliphatic carbocycles. The van der Waals surface area contributed by atoms with Crippen LogP contribution < -0.4 is 0 Å². The van der Waals surface area contributed by atoms with Gasteiger partial charge < -0.3 is 9.47 Å². The maximum Gasteiger partial charge on any atom is 0.516 e. The smallest absolute Gasteiger partial charge is 0.434 e. The highest BCUT2D eigenvalue weighted by Crippen LogP contribution is 2.48. The van der Waals surface area contributed by atoms with E-state index in [-0.39, 0.29) is 18.4 Å². The Bertz CT molecular complexity index is 468. The zero-order chi connectivity index (χ0) is 17.0. The van der Waals surface area contributed by atoms with Crippen molar-refractivity contribution in [2.45, 2.75) is 59.8 Å². The van der Waals surface area contributed by atoms with E-state index in [1.807, 2.05) is 13.8 Å². The van der Waals surface area contributed by atoms with Crippen LogP contribution in [0.4, 0.5) is 4.79 Å². The summed E-state index contributed by atoms with van der Waals surface area (Å²) in [5.74, 6) is 1.34. The van der Waals surface area contributed by atoms with E-state index in [4.69, 9.17) is 9.47 Å². The molecule has 0 aromatic rings. The Morgan fingerprint density at radius 2 is 2.04 bits per heavy atom. The average molecular weight is 322 g/mol. The van der Waals surface area contributed by atoms with Gasteiger partial charge in [0, 0.05) is 0 Å². The van der Waals surface area contributed by atoms with Crippen molar-refractivity contribution >= 4 is 12.1 Å². The second kappa shape index (κ2) is 7.98. The van der Waals surface area contributed by atoms with Gasteiger partial charge in [0.25, 0.3) is 0 Å². The first-order valence-electron chi connectivity index (χ1n) is 8.99. The molecular formula is C19H30O4. The van der Waals surface area contributed by atoms with Gasteiger partial charge in [-0.15, -0.1) is 0 Å². The van der Waals surface area contributed by atoms with Crippen molar-refractivity contribution in [3.8, 4) is 0 Å². The van der Waals surface area contributed by atoms with Crippen molar-refractivity contribution in [1.82, 2.24) is 0 Å². The molecule has 0 amide bonds. The quantitative estimate of drug-likeness (QED) is 0.426. The van der Waals surface area contributed by atoms with Crippen LogP contribution in [-0.4, -0.2) is 18.7 Å². The van der Waals surface area contributed by atoms with E-state index in [0.717, 1.165) is 12.8 Å². The minimum absolute atomic E-state index is 0.262. The summed E-state index contributed by atoms with van der Waals surface area (Å²) in [4.78, 5) is 23.8. The zero-order valence-corrected chi connectivity index (χ0v) is 14.8. The lowest BCUT2D eigenvalue weighted by Crippen LogP contribution is -2.40. The van der Waals surface area contributed by atoms with Crippen LogP contribution >= 0.6 is 0 Å². The number of carbonyl (C=O) groups excluding carboxylic acids is 2. The highest BCUT2D eigenvalue weighted by molar-refractivity contribution is 5.83. The summed E-state index contributed by atoms with van der Waals surface area (Å²) in [6, 6.07) is 0. The molecule has 0 bridgehead atoms. The summed E-state index contributed by atoms with van der Waals surface area (Å²) in [5, 5.41) is 0. The molecule has 0 radical (unpaired) electrons. The highest BCUT2D eigenvalue weighted by Gasteiger charge is 2.42. The standard InChI is InChI=1S/C19H30O4/c1-5-10-22-19(21)23-18(20)14(4)16-9-7-13(3)15-8-6-12(2)11-17(15)16/h11,13-17H,5-10H2,1-4H3/t13-,14-,15+,16+,17+/m1/s1. The average Bonchev–Trinajstić information content (AvgIpc) is 2.52. The molecule has 2 aliphatic rings. The maximum atomic E-state index is 12.3. The van der Waals surface area contributed by atoms with Gasteiger partial charge in [-0.05, 0) is 56.3 Å². The van der Waals surface area contributed by atoms with Gasteiger partial charge in [0.15, 0.2) is 0 Å². The van der Waals surface area contributed by atoms with Crippen LogP contribution in [0.3, 0.4) is 0 Å². The molecule has 0 spiro atoms. The van der Waals surface area contributed by atoms with Gasteiger partial charge >= 0.3 is 12.1 Å². The minimum atomic E-state index is -0.861. The molecule has 0 heterocycles. The molecule has 2 rings (SSSR count). The fourth-order valence-corrected chi connectivity index (χ4v) is 4.24. The highest BCUT2D eigenvalue weighted by atomic mass is 16.7. The Morgan fingerprint density at radius 1 is 1.30 bits per heavy atom. The van der Waals surface area contributed by atoms with Crippen LogP contribution in [0.2, 0.25) is 0 Å². The summed E-state index contributed by atoms with van der Waals surface area (Å²) in [7, 11) is 0. The molecule has 4 heteroatoms. The summed E-state index contributed by atoms with van der Waals surface area (Å²) in [6.07, 6.45) is 6.77. The monoisotopic (exact) mass is 322 g/mol. The lowest BCUT2D eigenvalue weighted by atomic mass is 9.60. The van der Waals surface area contributed by atoms with Gasteiger partial charge in [0.1, 0.15) is 0 Å². The van der Waals surface area contributed by atoms with E-state index in [9.17, 15) is 9.59 Å². The van der Waals surface area contributed by atoms with Gasteiger partial charge in [-0.3, -0.25) is 4.79 Å². The van der Waals surface area contributed by atoms with E-state index in [0.29, 0.717) is 24.2 Å². The van der Waals surface area contributed by atoms with Crippen molar-refractivity contribution < 1.29 is 19.1 Å². The SMILES string of the molecule is CCCOC(=O)OC(=O)[C@H](C)[C@@H]1CC[C@@H](C)[C@@H]2CCC(C)=C[C@@H]21. The van der Waals surface area contributed by atoms with Gasteiger partial charge in [0.2, 0.25) is 0 Å². The van der Waals surface area contributed by atoms with E-state index >= 15 is 0 Å². The largest absolute Gasteiger partial charge is 0.516 e. The van der Waals surface area contributed by atoms with Crippen LogP contribution in [0.15, 0.2) is 11.6 Å². The molecule has 4 nitrogen and oxygen atoms in total. The maximum absolute atomic E-state index is 12.3. The normalized spacial score (nSPS) is 31.6. The topological polar surface area (TPSA) is 52.6 Å². The molecular weight excluding hydrogens is 292 g/mol. The third kappa shape index (κ3) is 4.36. The number of allylic oxidation sites excluding steroid dienone is 2. The Labute approximate surface area is 139 Å². The summed E-state index contributed by atoms with van der Waals surface area (Å²) >= 11 is 0. The zero-order valence-electron chi connectivity index (χ0n) is 14.8. The third-order valence-electron chi connectivity index (χ3n) is 5.65. The fourth-order valence-electron chi connectivity index (χ4n) is 4.24. The van der Waals surface area contributed by atoms with Crippen molar-refractivity contribution in [3.63, 3.8) is 0 Å². The Balaban J connectivity index is 2.02. The molecule has 130 valence electrons. The van der Waals surface area contributed by atoms with Crippen molar-refractivity contribution in [2.75, 3.05) is 6.61 Å². The van der Waals surface area contributed by atoms with Crippen molar-refractivity contribution in [1.29, 1.82) is 0 Å². The first kappa shape index (κ1) is 18.0. The second-order valence-electron chi connectivity index (χ2n) is 7.32. The summed E-state index contributed by atoms with van der Waals surface area (Å²) in [6.45, 7) is 8.59. The Hall–Kier alpha value is -1.32. The molecule has 0 unspecified atom stereocenters. The van der Waals surface area contributed by atoms with Gasteiger partial charge in [-0.1, -0.05) is 38.8 Å². The van der Waals surface area contributed by atoms with Crippen LogP contribution in [0, 0.1) is 29.6 Å². The second-order valence-corrected chi connectivity index (χ2v) is 7.32. The van der Waals surface area contributed by atoms with Crippen LogP contribution in [0.25, 0.3) is 0 Å². The summed E-state index contributed by atoms with van der Waals surface area (Å²) in [5.41, 5.74) is 1.42. The molecule has 5 atom stereocenters. The Morgan fingerprint density at radius 3 is 2.74 bits per heavy atom. The minimum Gasteiger partial charge on any atom is -0.434 e. The molecule has 0 aromatic carbocycles. The lowest BCUT2D eigenvalue weighted by molar-refractivity contribution is -0.147. The Kier molecular flexibility index (Phi) is 6.25. The molecule has 23 heavy (non-hydrogen) atoms. The number of ether oxygens (including phenoxy) is 2. The van der Waals surface area contributed by atoms with Crippen LogP contribution in [0.1, 0.15) is 59.8 Å².